The van der Waals surface area contributed by atoms with E-state index < -0.39 is 0 Å². The highest BCUT2D eigenvalue weighted by Gasteiger charge is 2.27. The lowest BCUT2D eigenvalue weighted by Gasteiger charge is -2.32. The number of amides is 1. The zero-order chi connectivity index (χ0) is 14.8. The molecule has 5 heteroatoms. The summed E-state index contributed by atoms with van der Waals surface area (Å²) in [6.07, 6.45) is 3.31. The van der Waals surface area contributed by atoms with Crippen LogP contribution in [0.3, 0.4) is 0 Å². The first-order valence-electron chi connectivity index (χ1n) is 7.47. The van der Waals surface area contributed by atoms with Gasteiger partial charge in [-0.2, -0.15) is 0 Å². The number of para-hydroxylation sites is 1. The molecule has 5 nitrogen and oxygen atoms in total. The summed E-state index contributed by atoms with van der Waals surface area (Å²) in [6.45, 7) is 4.77. The van der Waals surface area contributed by atoms with Gasteiger partial charge in [-0.25, -0.2) is 9.67 Å². The van der Waals surface area contributed by atoms with Crippen LogP contribution in [0.1, 0.15) is 42.6 Å². The molecular formula is C16H20N4O. The van der Waals surface area contributed by atoms with E-state index in [1.807, 2.05) is 42.2 Å². The molecule has 0 saturated carbocycles. The molecule has 1 aromatic heterocycles. The second-order valence-electron chi connectivity index (χ2n) is 5.57. The largest absolute Gasteiger partial charge is 0.333 e. The van der Waals surface area contributed by atoms with Crippen molar-refractivity contribution in [3.05, 3.63) is 42.0 Å². The highest BCUT2D eigenvalue weighted by molar-refractivity contribution is 5.90. The molecule has 1 atom stereocenters. The lowest BCUT2D eigenvalue weighted by atomic mass is 10.0. The van der Waals surface area contributed by atoms with Crippen molar-refractivity contribution in [2.75, 3.05) is 6.54 Å². The van der Waals surface area contributed by atoms with E-state index in [1.165, 1.54) is 6.42 Å². The van der Waals surface area contributed by atoms with Crippen LogP contribution in [0.4, 0.5) is 0 Å². The molecule has 0 aliphatic carbocycles. The number of hydrogen-bond acceptors (Lipinski definition) is 3. The molecule has 1 fully saturated rings. The standard InChI is InChI=1S/C16H20N4O/c1-12-8-6-7-11-19(12)16(21)15-17-13(2)20(18-15)14-9-4-3-5-10-14/h3-5,9-10,12H,6-8,11H2,1-2H3. The van der Waals surface area contributed by atoms with Crippen LogP contribution in [0.25, 0.3) is 5.69 Å². The quantitative estimate of drug-likeness (QED) is 0.851. The van der Waals surface area contributed by atoms with Gasteiger partial charge >= 0.3 is 0 Å². The molecule has 2 heterocycles. The number of carbonyl (C=O) groups excluding carboxylic acids is 1. The van der Waals surface area contributed by atoms with Gasteiger partial charge in [0.2, 0.25) is 5.82 Å². The third-order valence-corrected chi connectivity index (χ3v) is 4.02. The maximum atomic E-state index is 12.6. The molecule has 0 N–H and O–H groups in total. The summed E-state index contributed by atoms with van der Waals surface area (Å²) in [5.74, 6) is 0.972. The first kappa shape index (κ1) is 13.8. The molecule has 1 amide bonds. The molecule has 0 spiro atoms. The molecule has 110 valence electrons. The molecule has 21 heavy (non-hydrogen) atoms. The van der Waals surface area contributed by atoms with E-state index in [4.69, 9.17) is 0 Å². The molecule has 1 saturated heterocycles. The zero-order valence-electron chi connectivity index (χ0n) is 12.5. The van der Waals surface area contributed by atoms with E-state index >= 15 is 0 Å². The van der Waals surface area contributed by atoms with Crippen molar-refractivity contribution in [1.29, 1.82) is 0 Å². The summed E-state index contributed by atoms with van der Waals surface area (Å²) in [5.41, 5.74) is 0.924. The Labute approximate surface area is 124 Å². The highest BCUT2D eigenvalue weighted by Crippen LogP contribution is 2.19. The molecule has 1 unspecified atom stereocenters. The molecule has 0 bridgehead atoms. The van der Waals surface area contributed by atoms with Crippen molar-refractivity contribution in [1.82, 2.24) is 19.7 Å². The van der Waals surface area contributed by atoms with Crippen LogP contribution in [0.2, 0.25) is 0 Å². The number of hydrogen-bond donors (Lipinski definition) is 0. The van der Waals surface area contributed by atoms with Gasteiger partial charge in [-0.1, -0.05) is 18.2 Å². The van der Waals surface area contributed by atoms with Crippen molar-refractivity contribution in [2.24, 2.45) is 0 Å². The maximum absolute atomic E-state index is 12.6. The van der Waals surface area contributed by atoms with Crippen LogP contribution in [-0.2, 0) is 0 Å². The van der Waals surface area contributed by atoms with Crippen LogP contribution in [-0.4, -0.2) is 38.2 Å². The van der Waals surface area contributed by atoms with E-state index in [0.29, 0.717) is 5.82 Å². The lowest BCUT2D eigenvalue weighted by molar-refractivity contribution is 0.0623. The van der Waals surface area contributed by atoms with Crippen LogP contribution >= 0.6 is 0 Å². The predicted octanol–water partition coefficient (Wildman–Crippen LogP) is 2.59. The van der Waals surface area contributed by atoms with Crippen molar-refractivity contribution in [2.45, 2.75) is 39.2 Å². The fraction of sp³-hybridized carbons (Fsp3) is 0.438. The van der Waals surface area contributed by atoms with Gasteiger partial charge in [-0.05, 0) is 45.2 Å². The minimum absolute atomic E-state index is 0.0556. The fourth-order valence-electron chi connectivity index (χ4n) is 2.82. The first-order valence-corrected chi connectivity index (χ1v) is 7.47. The van der Waals surface area contributed by atoms with Crippen LogP contribution in [0.5, 0.6) is 0 Å². The normalized spacial score (nSPS) is 18.8. The SMILES string of the molecule is Cc1nc(C(=O)N2CCCCC2C)nn1-c1ccccc1. The Balaban J connectivity index is 1.88. The molecule has 2 aromatic rings. The number of aryl methyl sites for hydroxylation is 1. The summed E-state index contributed by atoms with van der Waals surface area (Å²) < 4.78 is 1.72. The van der Waals surface area contributed by atoms with Gasteiger partial charge in [0.15, 0.2) is 0 Å². The molecule has 1 aromatic carbocycles. The number of aromatic nitrogens is 3. The van der Waals surface area contributed by atoms with Crippen molar-refractivity contribution >= 4 is 5.91 Å². The third kappa shape index (κ3) is 2.68. The van der Waals surface area contributed by atoms with Gasteiger partial charge in [0.1, 0.15) is 5.82 Å². The first-order chi connectivity index (χ1) is 10.2. The Morgan fingerprint density at radius 1 is 1.24 bits per heavy atom. The van der Waals surface area contributed by atoms with Crippen LogP contribution < -0.4 is 0 Å². The molecule has 1 aliphatic heterocycles. The summed E-state index contributed by atoms with van der Waals surface area (Å²) >= 11 is 0. The number of rotatable bonds is 2. The number of nitrogens with zero attached hydrogens (tertiary/aromatic N) is 4. The average molecular weight is 284 g/mol. The van der Waals surface area contributed by atoms with Crippen LogP contribution in [0, 0.1) is 6.92 Å². The van der Waals surface area contributed by atoms with E-state index in [1.54, 1.807) is 4.68 Å². The second-order valence-corrected chi connectivity index (χ2v) is 5.57. The smallest absolute Gasteiger partial charge is 0.293 e. The summed E-state index contributed by atoms with van der Waals surface area (Å²) in [4.78, 5) is 18.8. The minimum atomic E-state index is -0.0556. The van der Waals surface area contributed by atoms with Gasteiger partial charge in [0.05, 0.1) is 5.69 Å². The number of benzene rings is 1. The van der Waals surface area contributed by atoms with Crippen LogP contribution in [0.15, 0.2) is 30.3 Å². The van der Waals surface area contributed by atoms with Gasteiger partial charge in [0.25, 0.3) is 5.91 Å². The van der Waals surface area contributed by atoms with Gasteiger partial charge in [-0.3, -0.25) is 4.79 Å². The van der Waals surface area contributed by atoms with Gasteiger partial charge in [0, 0.05) is 12.6 Å². The molecular weight excluding hydrogens is 264 g/mol. The zero-order valence-corrected chi connectivity index (χ0v) is 12.5. The minimum Gasteiger partial charge on any atom is -0.333 e. The Morgan fingerprint density at radius 3 is 2.71 bits per heavy atom. The Morgan fingerprint density at radius 2 is 2.00 bits per heavy atom. The predicted molar refractivity (Wildman–Crippen MR) is 80.4 cm³/mol. The number of piperidine rings is 1. The molecule has 0 radical (unpaired) electrons. The van der Waals surface area contributed by atoms with E-state index in [-0.39, 0.29) is 11.9 Å². The average Bonchev–Trinajstić information content (AvgIpc) is 2.90. The lowest BCUT2D eigenvalue weighted by Crippen LogP contribution is -2.42. The van der Waals surface area contributed by atoms with E-state index in [2.05, 4.69) is 17.0 Å². The number of likely N-dealkylation sites (tertiary alicyclic amines) is 1. The van der Waals surface area contributed by atoms with Gasteiger partial charge in [-0.15, -0.1) is 5.10 Å². The highest BCUT2D eigenvalue weighted by atomic mass is 16.2. The Hall–Kier alpha value is -2.17. The van der Waals surface area contributed by atoms with E-state index in [0.717, 1.165) is 30.9 Å². The van der Waals surface area contributed by atoms with Crippen molar-refractivity contribution in [3.63, 3.8) is 0 Å². The Bertz CT molecular complexity index is 635. The maximum Gasteiger partial charge on any atom is 0.293 e. The van der Waals surface area contributed by atoms with E-state index in [9.17, 15) is 4.79 Å². The summed E-state index contributed by atoms with van der Waals surface area (Å²) in [5, 5.41) is 4.40. The topological polar surface area (TPSA) is 51.0 Å². The third-order valence-electron chi connectivity index (χ3n) is 4.02. The van der Waals surface area contributed by atoms with Crippen molar-refractivity contribution in [3.8, 4) is 5.69 Å². The number of carbonyl (C=O) groups is 1. The van der Waals surface area contributed by atoms with Gasteiger partial charge < -0.3 is 4.90 Å². The fourth-order valence-corrected chi connectivity index (χ4v) is 2.82. The van der Waals surface area contributed by atoms with Crippen molar-refractivity contribution < 1.29 is 4.79 Å². The second kappa shape index (κ2) is 5.68. The Kier molecular flexibility index (Phi) is 3.73. The monoisotopic (exact) mass is 284 g/mol. The summed E-state index contributed by atoms with van der Waals surface area (Å²) in [6, 6.07) is 10.0. The molecule has 1 aliphatic rings. The summed E-state index contributed by atoms with van der Waals surface area (Å²) in [7, 11) is 0. The molecule has 3 rings (SSSR count).